The van der Waals surface area contributed by atoms with Crippen molar-refractivity contribution < 1.29 is 47.8 Å². The van der Waals surface area contributed by atoms with Gasteiger partial charge in [-0.3, -0.25) is 18.6 Å². The third-order valence-electron chi connectivity index (χ3n) is 6.74. The van der Waals surface area contributed by atoms with Crippen LogP contribution in [0.5, 0.6) is 0 Å². The van der Waals surface area contributed by atoms with Crippen molar-refractivity contribution in [1.29, 1.82) is 0 Å². The second-order valence-corrected chi connectivity index (χ2v) is 12.4. The minimum absolute atomic E-state index is 0.104. The van der Waals surface area contributed by atoms with Crippen molar-refractivity contribution >= 4 is 25.7 Å². The van der Waals surface area contributed by atoms with E-state index in [2.05, 4.69) is 62.5 Å². The Hall–Kier alpha value is -2.30. The summed E-state index contributed by atoms with van der Waals surface area (Å²) < 4.78 is 25.9. The highest BCUT2D eigenvalue weighted by molar-refractivity contribution is 7.47. The van der Waals surface area contributed by atoms with Crippen LogP contribution in [0.25, 0.3) is 0 Å². The molecule has 3 unspecified atom stereocenters. The van der Waals surface area contributed by atoms with E-state index < -0.39 is 57.6 Å². The predicted octanol–water partition coefficient (Wildman–Crippen LogP) is 6.93. The monoisotopic (exact) mass is 659 g/mol. The summed E-state index contributed by atoms with van der Waals surface area (Å²) >= 11 is 0. The van der Waals surface area contributed by atoms with Crippen molar-refractivity contribution in [2.24, 2.45) is 0 Å². The highest BCUT2D eigenvalue weighted by atomic mass is 31.2. The van der Waals surface area contributed by atoms with Crippen molar-refractivity contribution in [3.8, 4) is 0 Å². The van der Waals surface area contributed by atoms with Gasteiger partial charge in [0.2, 0.25) is 5.91 Å². The fraction of sp³-hybridized carbons (Fsp3) is 0.727. The molecule has 0 aliphatic carbocycles. The van der Waals surface area contributed by atoms with Crippen molar-refractivity contribution in [2.45, 2.75) is 135 Å². The van der Waals surface area contributed by atoms with Gasteiger partial charge in [-0.05, 0) is 44.9 Å². The zero-order valence-corrected chi connectivity index (χ0v) is 28.3. The van der Waals surface area contributed by atoms with Crippen LogP contribution in [0.1, 0.15) is 123 Å². The Kier molecular flexibility index (Phi) is 27.6. The smallest absolute Gasteiger partial charge is 0.472 e. The number of amides is 1. The molecule has 0 aliphatic heterocycles. The molecule has 3 atom stereocenters. The maximum Gasteiger partial charge on any atom is 0.472 e. The molecule has 0 aromatic rings. The zero-order chi connectivity index (χ0) is 33.6. The van der Waals surface area contributed by atoms with E-state index in [-0.39, 0.29) is 12.8 Å². The van der Waals surface area contributed by atoms with Gasteiger partial charge in [0.25, 0.3) is 0 Å². The number of rotatable bonds is 30. The van der Waals surface area contributed by atoms with Gasteiger partial charge in [0.05, 0.1) is 13.2 Å². The summed E-state index contributed by atoms with van der Waals surface area (Å²) in [5.41, 5.74) is 0. The molecule has 4 N–H and O–H groups in total. The molecule has 0 heterocycles. The molecule has 0 bridgehead atoms. The Morgan fingerprint density at radius 2 is 1.24 bits per heavy atom. The van der Waals surface area contributed by atoms with Gasteiger partial charge in [-0.25, -0.2) is 9.36 Å². The number of aliphatic hydroxyl groups is 1. The van der Waals surface area contributed by atoms with Crippen LogP contribution in [0.2, 0.25) is 0 Å². The SMILES string of the molecule is CCCCC/C=C\C/C=C\C/C=C\CCCCCCCCCCC(=O)NC(COP(=O)(O)OCC(O)COC(=O)CC)C(=O)O. The van der Waals surface area contributed by atoms with Crippen molar-refractivity contribution in [3.63, 3.8) is 0 Å². The number of phosphoric acid groups is 1. The molecule has 12 heteroatoms. The molecular weight excluding hydrogens is 601 g/mol. The molecule has 0 aromatic heterocycles. The molecule has 11 nitrogen and oxygen atoms in total. The highest BCUT2D eigenvalue weighted by Gasteiger charge is 2.28. The minimum Gasteiger partial charge on any atom is -0.480 e. The fourth-order valence-corrected chi connectivity index (χ4v) is 4.84. The second kappa shape index (κ2) is 29.1. The van der Waals surface area contributed by atoms with Crippen LogP contribution in [0, 0.1) is 0 Å². The lowest BCUT2D eigenvalue weighted by molar-refractivity contribution is -0.146. The highest BCUT2D eigenvalue weighted by Crippen LogP contribution is 2.43. The van der Waals surface area contributed by atoms with Crippen molar-refractivity contribution in [2.75, 3.05) is 19.8 Å². The number of allylic oxidation sites excluding steroid dienone is 6. The Balaban J connectivity index is 3.86. The average molecular weight is 660 g/mol. The molecule has 0 saturated heterocycles. The van der Waals surface area contributed by atoms with E-state index >= 15 is 0 Å². The van der Waals surface area contributed by atoms with Crippen LogP contribution >= 0.6 is 7.82 Å². The zero-order valence-electron chi connectivity index (χ0n) is 27.4. The van der Waals surface area contributed by atoms with E-state index in [1.807, 2.05) is 0 Å². The van der Waals surface area contributed by atoms with E-state index in [0.717, 1.165) is 44.9 Å². The van der Waals surface area contributed by atoms with E-state index in [1.165, 1.54) is 44.9 Å². The average Bonchev–Trinajstić information content (AvgIpc) is 3.01. The van der Waals surface area contributed by atoms with Gasteiger partial charge < -0.3 is 25.2 Å². The lowest BCUT2D eigenvalue weighted by Crippen LogP contribution is -2.43. The molecule has 0 aromatic carbocycles. The molecule has 1 amide bonds. The van der Waals surface area contributed by atoms with Crippen molar-refractivity contribution in [1.82, 2.24) is 5.32 Å². The summed E-state index contributed by atoms with van der Waals surface area (Å²) in [6.45, 7) is 1.87. The van der Waals surface area contributed by atoms with Crippen LogP contribution in [0.4, 0.5) is 0 Å². The summed E-state index contributed by atoms with van der Waals surface area (Å²) in [6, 6.07) is -1.55. The van der Waals surface area contributed by atoms with Gasteiger partial charge in [-0.15, -0.1) is 0 Å². The first-order valence-electron chi connectivity index (χ1n) is 16.5. The fourth-order valence-electron chi connectivity index (χ4n) is 4.07. The largest absolute Gasteiger partial charge is 0.480 e. The number of nitrogens with one attached hydrogen (secondary N) is 1. The van der Waals surface area contributed by atoms with Crippen LogP contribution in [0.15, 0.2) is 36.5 Å². The van der Waals surface area contributed by atoms with E-state index in [4.69, 9.17) is 0 Å². The Morgan fingerprint density at radius 3 is 1.80 bits per heavy atom. The Labute approximate surface area is 270 Å². The first-order chi connectivity index (χ1) is 21.6. The normalized spacial score (nSPS) is 14.6. The number of aliphatic hydroxyl groups excluding tert-OH is 1. The molecule has 0 rings (SSSR count). The minimum atomic E-state index is -4.72. The molecule has 260 valence electrons. The molecule has 0 fully saturated rings. The third-order valence-corrected chi connectivity index (χ3v) is 7.69. The molecule has 45 heavy (non-hydrogen) atoms. The number of unbranched alkanes of at least 4 members (excludes halogenated alkanes) is 11. The molecular formula is C33H58NO10P. The quantitative estimate of drug-likeness (QED) is 0.0274. The van der Waals surface area contributed by atoms with E-state index in [9.17, 15) is 34.1 Å². The summed E-state index contributed by atoms with van der Waals surface area (Å²) in [4.78, 5) is 44.4. The summed E-state index contributed by atoms with van der Waals surface area (Å²) in [7, 11) is -4.72. The van der Waals surface area contributed by atoms with Crippen LogP contribution < -0.4 is 5.32 Å². The Bertz CT molecular complexity index is 921. The number of carboxylic acid groups (broad SMARTS) is 1. The first kappa shape index (κ1) is 42.7. The lowest BCUT2D eigenvalue weighted by Gasteiger charge is -2.18. The number of carbonyl (C=O) groups is 3. The molecule has 0 saturated carbocycles. The third kappa shape index (κ3) is 28.9. The van der Waals surface area contributed by atoms with Gasteiger partial charge in [0, 0.05) is 12.8 Å². The van der Waals surface area contributed by atoms with Gasteiger partial charge >= 0.3 is 19.8 Å². The van der Waals surface area contributed by atoms with Crippen LogP contribution in [-0.2, 0) is 32.7 Å². The van der Waals surface area contributed by atoms with Gasteiger partial charge in [0.15, 0.2) is 6.04 Å². The van der Waals surface area contributed by atoms with Gasteiger partial charge in [-0.2, -0.15) is 0 Å². The second-order valence-electron chi connectivity index (χ2n) is 11.0. The number of hydrogen-bond donors (Lipinski definition) is 4. The van der Waals surface area contributed by atoms with Crippen LogP contribution in [-0.4, -0.2) is 64.9 Å². The van der Waals surface area contributed by atoms with Crippen molar-refractivity contribution in [3.05, 3.63) is 36.5 Å². The Morgan fingerprint density at radius 1 is 0.733 bits per heavy atom. The molecule has 0 radical (unpaired) electrons. The number of hydrogen-bond acceptors (Lipinski definition) is 8. The number of phosphoric ester groups is 1. The van der Waals surface area contributed by atoms with E-state index in [0.29, 0.717) is 6.42 Å². The summed E-state index contributed by atoms with van der Waals surface area (Å²) in [5, 5.41) is 21.3. The van der Waals surface area contributed by atoms with Gasteiger partial charge in [-0.1, -0.05) is 102 Å². The first-order valence-corrected chi connectivity index (χ1v) is 18.0. The number of carboxylic acids is 1. The molecule has 0 spiro atoms. The summed E-state index contributed by atoms with van der Waals surface area (Å²) in [5.74, 6) is -2.48. The standard InChI is InChI=1S/C33H58NO10P/c1-3-5-6-7-8-9-10-11-12-13-14-15-16-17-18-19-20-21-22-23-24-25-31(36)34-30(33(38)39)28-44-45(40,41)43-27-29(35)26-42-32(37)4-2/h8-9,11-12,14-15,29-30,35H,3-7,10,13,16-28H2,1-2H3,(H,34,36)(H,38,39)(H,40,41)/b9-8-,12-11-,15-14-. The molecule has 0 aliphatic rings. The maximum atomic E-state index is 12.2. The lowest BCUT2D eigenvalue weighted by atomic mass is 10.1. The predicted molar refractivity (Wildman–Crippen MR) is 176 cm³/mol. The van der Waals surface area contributed by atoms with Gasteiger partial charge in [0.1, 0.15) is 12.7 Å². The van der Waals surface area contributed by atoms with Crippen LogP contribution in [0.3, 0.4) is 0 Å². The maximum absolute atomic E-state index is 12.2. The number of ether oxygens (including phenoxy) is 1. The topological polar surface area (TPSA) is 169 Å². The number of carbonyl (C=O) groups excluding carboxylic acids is 2. The van der Waals surface area contributed by atoms with E-state index in [1.54, 1.807) is 6.92 Å². The number of aliphatic carboxylic acids is 1. The number of esters is 1. The summed E-state index contributed by atoms with van der Waals surface area (Å²) in [6.07, 6.45) is 28.7.